The van der Waals surface area contributed by atoms with Crippen LogP contribution in [0.1, 0.15) is 41.9 Å². The van der Waals surface area contributed by atoms with Crippen molar-refractivity contribution >= 4 is 5.97 Å². The molecule has 0 aromatic heterocycles. The fraction of sp³-hybridized carbons (Fsp3) is 0.240. The van der Waals surface area contributed by atoms with Crippen molar-refractivity contribution in [2.45, 2.75) is 31.6 Å². The number of carboxylic acid groups (broad SMARTS) is 1. The van der Waals surface area contributed by atoms with Gasteiger partial charge in [-0.2, -0.15) is 0 Å². The maximum atomic E-state index is 12.4. The maximum Gasteiger partial charge on any atom is 0.311 e. The van der Waals surface area contributed by atoms with E-state index in [9.17, 15) is 9.90 Å². The molecule has 0 fully saturated rings. The highest BCUT2D eigenvalue weighted by atomic mass is 16.4. The average Bonchev–Trinajstić information content (AvgIpc) is 2.71. The lowest BCUT2D eigenvalue weighted by Gasteiger charge is -2.32. The van der Waals surface area contributed by atoms with Gasteiger partial charge in [0, 0.05) is 0 Å². The Hall–Kier alpha value is -2.87. The summed E-state index contributed by atoms with van der Waals surface area (Å²) in [7, 11) is 0. The lowest BCUT2D eigenvalue weighted by molar-refractivity contribution is -0.140. The fourth-order valence-corrected chi connectivity index (χ4v) is 4.10. The lowest BCUT2D eigenvalue weighted by atomic mass is 9.71. The van der Waals surface area contributed by atoms with Gasteiger partial charge in [0.1, 0.15) is 0 Å². The molecule has 3 atom stereocenters. The molecule has 27 heavy (non-hydrogen) atoms. The summed E-state index contributed by atoms with van der Waals surface area (Å²) in [6, 6.07) is 30.2. The number of carboxylic acids is 1. The zero-order valence-electron chi connectivity index (χ0n) is 15.7. The number of hydrogen-bond donors (Lipinski definition) is 1. The normalized spacial score (nSPS) is 14.3. The summed E-state index contributed by atoms with van der Waals surface area (Å²) in [4.78, 5) is 12.4. The van der Waals surface area contributed by atoms with Crippen LogP contribution >= 0.6 is 0 Å². The van der Waals surface area contributed by atoms with Gasteiger partial charge in [-0.25, -0.2) is 0 Å². The molecule has 0 aliphatic heterocycles. The minimum Gasteiger partial charge on any atom is -0.481 e. The highest BCUT2D eigenvalue weighted by Crippen LogP contribution is 2.40. The molecule has 0 amide bonds. The molecule has 0 saturated carbocycles. The van der Waals surface area contributed by atoms with Gasteiger partial charge in [-0.15, -0.1) is 0 Å². The van der Waals surface area contributed by atoms with Gasteiger partial charge in [0.15, 0.2) is 0 Å². The van der Waals surface area contributed by atoms with Gasteiger partial charge in [0.05, 0.1) is 5.92 Å². The Bertz CT molecular complexity index is 828. The highest BCUT2D eigenvalue weighted by Gasteiger charge is 2.35. The van der Waals surface area contributed by atoms with Gasteiger partial charge in [-0.1, -0.05) is 97.9 Å². The van der Waals surface area contributed by atoms with E-state index in [-0.39, 0.29) is 11.8 Å². The largest absolute Gasteiger partial charge is 0.481 e. The van der Waals surface area contributed by atoms with E-state index in [0.29, 0.717) is 0 Å². The van der Waals surface area contributed by atoms with Crippen molar-refractivity contribution in [2.75, 3.05) is 0 Å². The minimum atomic E-state index is -0.753. The van der Waals surface area contributed by atoms with Crippen LogP contribution in [0, 0.1) is 5.92 Å². The summed E-state index contributed by atoms with van der Waals surface area (Å²) in [5, 5.41) is 10.2. The Morgan fingerprint density at radius 2 is 1.26 bits per heavy atom. The molecule has 3 rings (SSSR count). The van der Waals surface area contributed by atoms with Crippen LogP contribution in [0.25, 0.3) is 0 Å². The van der Waals surface area contributed by atoms with E-state index >= 15 is 0 Å². The van der Waals surface area contributed by atoms with Gasteiger partial charge in [0.2, 0.25) is 0 Å². The van der Waals surface area contributed by atoms with E-state index in [4.69, 9.17) is 0 Å². The molecule has 0 aliphatic carbocycles. The molecular formula is C25H26O2. The molecule has 0 unspecified atom stereocenters. The van der Waals surface area contributed by atoms with Crippen molar-refractivity contribution in [1.29, 1.82) is 0 Å². The van der Waals surface area contributed by atoms with Crippen molar-refractivity contribution in [2.24, 2.45) is 5.92 Å². The number of benzene rings is 3. The first kappa shape index (κ1) is 18.9. The first-order valence-electron chi connectivity index (χ1n) is 9.57. The monoisotopic (exact) mass is 358 g/mol. The van der Waals surface area contributed by atoms with Crippen molar-refractivity contribution < 1.29 is 9.90 Å². The molecule has 0 bridgehead atoms. The summed E-state index contributed by atoms with van der Waals surface area (Å²) in [6.07, 6.45) is 1.64. The molecule has 0 heterocycles. The van der Waals surface area contributed by atoms with E-state index in [1.807, 2.05) is 66.7 Å². The van der Waals surface area contributed by atoms with Gasteiger partial charge in [0.25, 0.3) is 0 Å². The van der Waals surface area contributed by atoms with E-state index in [2.05, 4.69) is 31.2 Å². The SMILES string of the molecule is CC[C@H](c1ccccc1)[C@H](Cc1ccccc1)[C@@H](C(=O)O)c1ccccc1. The lowest BCUT2D eigenvalue weighted by Crippen LogP contribution is -2.28. The molecular weight excluding hydrogens is 332 g/mol. The van der Waals surface area contributed by atoms with Crippen molar-refractivity contribution in [3.63, 3.8) is 0 Å². The summed E-state index contributed by atoms with van der Waals surface area (Å²) in [6.45, 7) is 2.15. The summed E-state index contributed by atoms with van der Waals surface area (Å²) < 4.78 is 0. The minimum absolute atomic E-state index is 0.0281. The number of aliphatic carboxylic acids is 1. The molecule has 0 radical (unpaired) electrons. The second kappa shape index (κ2) is 9.18. The van der Waals surface area contributed by atoms with Crippen molar-refractivity contribution in [3.05, 3.63) is 108 Å². The van der Waals surface area contributed by atoms with Crippen LogP contribution in [0.3, 0.4) is 0 Å². The molecule has 3 aromatic rings. The molecule has 0 saturated heterocycles. The van der Waals surface area contributed by atoms with Crippen molar-refractivity contribution in [1.82, 2.24) is 0 Å². The van der Waals surface area contributed by atoms with E-state index in [1.54, 1.807) is 0 Å². The quantitative estimate of drug-likeness (QED) is 0.544. The third kappa shape index (κ3) is 4.65. The number of hydrogen-bond acceptors (Lipinski definition) is 1. The third-order valence-corrected chi connectivity index (χ3v) is 5.35. The smallest absolute Gasteiger partial charge is 0.311 e. The molecule has 0 aliphatic rings. The van der Waals surface area contributed by atoms with Crippen LogP contribution in [0.15, 0.2) is 91.0 Å². The third-order valence-electron chi connectivity index (χ3n) is 5.35. The Balaban J connectivity index is 2.06. The summed E-state index contributed by atoms with van der Waals surface area (Å²) >= 11 is 0. The molecule has 2 heteroatoms. The molecule has 138 valence electrons. The van der Waals surface area contributed by atoms with Crippen LogP contribution in [0.4, 0.5) is 0 Å². The van der Waals surface area contributed by atoms with Crippen molar-refractivity contribution in [3.8, 4) is 0 Å². The molecule has 0 spiro atoms. The van der Waals surface area contributed by atoms with Gasteiger partial charge >= 0.3 is 5.97 Å². The second-order valence-corrected chi connectivity index (χ2v) is 7.01. The highest BCUT2D eigenvalue weighted by molar-refractivity contribution is 5.76. The van der Waals surface area contributed by atoms with E-state index in [0.717, 1.165) is 18.4 Å². The molecule has 2 nitrogen and oxygen atoms in total. The summed E-state index contributed by atoms with van der Waals surface area (Å²) in [5.41, 5.74) is 3.27. The zero-order chi connectivity index (χ0) is 19.1. The summed E-state index contributed by atoms with van der Waals surface area (Å²) in [5.74, 6) is -1.15. The standard InChI is InChI=1S/C25H26O2/c1-2-22(20-14-8-4-9-15-20)23(18-19-12-6-3-7-13-19)24(25(26)27)21-16-10-5-11-17-21/h3-17,22-24H,2,18H2,1H3,(H,26,27)/t22-,23+,24+/m1/s1. The first-order chi connectivity index (χ1) is 13.2. The molecule has 1 N–H and O–H groups in total. The van der Waals surface area contributed by atoms with Gasteiger partial charge in [-0.05, 0) is 41.4 Å². The van der Waals surface area contributed by atoms with Crippen LogP contribution in [0.2, 0.25) is 0 Å². The van der Waals surface area contributed by atoms with Crippen LogP contribution in [-0.2, 0) is 11.2 Å². The first-order valence-corrected chi connectivity index (χ1v) is 9.57. The predicted octanol–water partition coefficient (Wildman–Crippen LogP) is 5.91. The van der Waals surface area contributed by atoms with E-state index < -0.39 is 11.9 Å². The maximum absolute atomic E-state index is 12.4. The average molecular weight is 358 g/mol. The Labute approximate surface area is 161 Å². The second-order valence-electron chi connectivity index (χ2n) is 7.01. The number of rotatable bonds is 8. The molecule has 3 aromatic carbocycles. The Morgan fingerprint density at radius 1 is 0.778 bits per heavy atom. The van der Waals surface area contributed by atoms with E-state index in [1.165, 1.54) is 11.1 Å². The fourth-order valence-electron chi connectivity index (χ4n) is 4.10. The van der Waals surface area contributed by atoms with Gasteiger partial charge < -0.3 is 5.11 Å². The van der Waals surface area contributed by atoms with Crippen LogP contribution in [-0.4, -0.2) is 11.1 Å². The topological polar surface area (TPSA) is 37.3 Å². The zero-order valence-corrected chi connectivity index (χ0v) is 15.7. The predicted molar refractivity (Wildman–Crippen MR) is 110 cm³/mol. The van der Waals surface area contributed by atoms with Gasteiger partial charge in [-0.3, -0.25) is 4.79 Å². The van der Waals surface area contributed by atoms with Crippen LogP contribution in [0.5, 0.6) is 0 Å². The Kier molecular flexibility index (Phi) is 6.43. The Morgan fingerprint density at radius 3 is 1.74 bits per heavy atom. The number of carbonyl (C=O) groups is 1. The van der Waals surface area contributed by atoms with Crippen LogP contribution < -0.4 is 0 Å².